The van der Waals surface area contributed by atoms with Gasteiger partial charge in [0.1, 0.15) is 12.4 Å². The molecular weight excluding hydrogens is 336 g/mol. The molecule has 20 heavy (non-hydrogen) atoms. The lowest BCUT2D eigenvalue weighted by Gasteiger charge is -2.15. The maximum Gasteiger partial charge on any atom is 0.137 e. The van der Waals surface area contributed by atoms with Crippen LogP contribution in [-0.4, -0.2) is 11.0 Å². The number of benzene rings is 1. The van der Waals surface area contributed by atoms with Crippen LogP contribution in [0.3, 0.4) is 0 Å². The Hall–Kier alpha value is -0.910. The van der Waals surface area contributed by atoms with Gasteiger partial charge in [0.05, 0.1) is 14.4 Å². The van der Waals surface area contributed by atoms with Gasteiger partial charge in [0, 0.05) is 12.2 Å². The Labute approximate surface area is 132 Å². The Balaban J connectivity index is 2.12. The second-order valence-corrected chi connectivity index (χ2v) is 6.91. The molecule has 2 rings (SSSR count). The molecule has 0 bridgehead atoms. The van der Waals surface area contributed by atoms with Crippen molar-refractivity contribution in [1.29, 1.82) is 0 Å². The normalized spacial score (nSPS) is 12.4. The maximum absolute atomic E-state index is 6.06. The SMILES string of the molecule is CCC(N)Cc1cccc(Br)c1OCc1cnc(C)s1. The third kappa shape index (κ3) is 4.04. The lowest BCUT2D eigenvalue weighted by atomic mass is 10.0. The molecule has 1 aromatic carbocycles. The van der Waals surface area contributed by atoms with Crippen molar-refractivity contribution in [3.8, 4) is 5.75 Å². The number of hydrogen-bond donors (Lipinski definition) is 1. The largest absolute Gasteiger partial charge is 0.487 e. The summed E-state index contributed by atoms with van der Waals surface area (Å²) in [5.74, 6) is 0.891. The highest BCUT2D eigenvalue weighted by atomic mass is 79.9. The summed E-state index contributed by atoms with van der Waals surface area (Å²) in [6.07, 6.45) is 3.65. The number of aromatic nitrogens is 1. The van der Waals surface area contributed by atoms with E-state index in [9.17, 15) is 0 Å². The number of thiazole rings is 1. The predicted octanol–water partition coefficient (Wildman–Crippen LogP) is 4.07. The van der Waals surface area contributed by atoms with E-state index in [1.807, 2.05) is 25.3 Å². The quantitative estimate of drug-likeness (QED) is 0.850. The molecule has 2 aromatic rings. The van der Waals surface area contributed by atoms with Gasteiger partial charge in [0.25, 0.3) is 0 Å². The Morgan fingerprint density at radius 3 is 2.90 bits per heavy atom. The van der Waals surface area contributed by atoms with Crippen LogP contribution in [0, 0.1) is 6.92 Å². The number of para-hydroxylation sites is 1. The molecule has 5 heteroatoms. The molecule has 0 aliphatic carbocycles. The van der Waals surface area contributed by atoms with Crippen LogP contribution in [0.2, 0.25) is 0 Å². The summed E-state index contributed by atoms with van der Waals surface area (Å²) in [7, 11) is 0. The van der Waals surface area contributed by atoms with E-state index in [2.05, 4.69) is 33.9 Å². The average molecular weight is 355 g/mol. The standard InChI is InChI=1S/C15H19BrN2OS/c1-3-12(17)7-11-5-4-6-14(16)15(11)19-9-13-8-18-10(2)20-13/h4-6,8,12H,3,7,9,17H2,1-2H3. The molecule has 0 spiro atoms. The van der Waals surface area contributed by atoms with Crippen LogP contribution in [0.1, 0.15) is 28.8 Å². The Bertz CT molecular complexity index is 571. The summed E-state index contributed by atoms with van der Waals surface area (Å²) in [6, 6.07) is 6.25. The molecule has 1 unspecified atom stereocenters. The molecule has 3 nitrogen and oxygen atoms in total. The molecule has 0 fully saturated rings. The summed E-state index contributed by atoms with van der Waals surface area (Å²) in [5, 5.41) is 1.06. The zero-order chi connectivity index (χ0) is 14.5. The zero-order valence-corrected chi connectivity index (χ0v) is 14.1. The van der Waals surface area contributed by atoms with Gasteiger partial charge >= 0.3 is 0 Å². The van der Waals surface area contributed by atoms with Gasteiger partial charge in [0.2, 0.25) is 0 Å². The van der Waals surface area contributed by atoms with Crippen LogP contribution in [0.15, 0.2) is 28.9 Å². The van der Waals surface area contributed by atoms with Gasteiger partial charge in [-0.15, -0.1) is 11.3 Å². The topological polar surface area (TPSA) is 48.1 Å². The number of rotatable bonds is 6. The van der Waals surface area contributed by atoms with Crippen molar-refractivity contribution in [2.24, 2.45) is 5.73 Å². The fourth-order valence-corrected chi connectivity index (χ4v) is 3.15. The van der Waals surface area contributed by atoms with Crippen molar-refractivity contribution < 1.29 is 4.74 Å². The summed E-state index contributed by atoms with van der Waals surface area (Å²) in [5.41, 5.74) is 7.20. The van der Waals surface area contributed by atoms with Crippen LogP contribution < -0.4 is 10.5 Å². The molecular formula is C15H19BrN2OS. The maximum atomic E-state index is 6.06. The van der Waals surface area contributed by atoms with Crippen LogP contribution >= 0.6 is 27.3 Å². The molecule has 1 heterocycles. The van der Waals surface area contributed by atoms with E-state index in [1.165, 1.54) is 0 Å². The molecule has 0 saturated heterocycles. The molecule has 2 N–H and O–H groups in total. The van der Waals surface area contributed by atoms with E-state index in [4.69, 9.17) is 10.5 Å². The first-order valence-corrected chi connectivity index (χ1v) is 8.28. The van der Waals surface area contributed by atoms with Crippen molar-refractivity contribution in [1.82, 2.24) is 4.98 Å². The van der Waals surface area contributed by atoms with E-state index in [0.717, 1.165) is 38.5 Å². The monoisotopic (exact) mass is 354 g/mol. The Morgan fingerprint density at radius 2 is 2.25 bits per heavy atom. The van der Waals surface area contributed by atoms with Gasteiger partial charge in [-0.1, -0.05) is 19.1 Å². The molecule has 0 saturated carbocycles. The second kappa shape index (κ2) is 7.20. The van der Waals surface area contributed by atoms with E-state index >= 15 is 0 Å². The Morgan fingerprint density at radius 1 is 1.45 bits per heavy atom. The third-order valence-corrected chi connectivity index (χ3v) is 4.59. The predicted molar refractivity (Wildman–Crippen MR) is 87.3 cm³/mol. The number of aryl methyl sites for hydroxylation is 1. The first-order chi connectivity index (χ1) is 9.60. The highest BCUT2D eigenvalue weighted by molar-refractivity contribution is 9.10. The zero-order valence-electron chi connectivity index (χ0n) is 11.7. The van der Waals surface area contributed by atoms with E-state index in [0.29, 0.717) is 6.61 Å². The van der Waals surface area contributed by atoms with E-state index in [-0.39, 0.29) is 6.04 Å². The minimum atomic E-state index is 0.164. The van der Waals surface area contributed by atoms with Gasteiger partial charge in [-0.25, -0.2) is 4.98 Å². The highest BCUT2D eigenvalue weighted by Crippen LogP contribution is 2.31. The summed E-state index contributed by atoms with van der Waals surface area (Å²) >= 11 is 5.22. The summed E-state index contributed by atoms with van der Waals surface area (Å²) in [6.45, 7) is 4.64. The fourth-order valence-electron chi connectivity index (χ4n) is 1.92. The number of hydrogen-bond acceptors (Lipinski definition) is 4. The van der Waals surface area contributed by atoms with Crippen LogP contribution in [0.25, 0.3) is 0 Å². The first kappa shape index (κ1) is 15.5. The second-order valence-electron chi connectivity index (χ2n) is 4.73. The third-order valence-electron chi connectivity index (χ3n) is 3.08. The Kier molecular flexibility index (Phi) is 5.57. The molecule has 1 atom stereocenters. The van der Waals surface area contributed by atoms with Crippen molar-refractivity contribution in [3.05, 3.63) is 44.3 Å². The summed E-state index contributed by atoms with van der Waals surface area (Å²) < 4.78 is 6.95. The highest BCUT2D eigenvalue weighted by Gasteiger charge is 2.12. The number of nitrogens with zero attached hydrogens (tertiary/aromatic N) is 1. The van der Waals surface area contributed by atoms with Crippen LogP contribution in [-0.2, 0) is 13.0 Å². The van der Waals surface area contributed by atoms with Gasteiger partial charge in [-0.05, 0) is 47.3 Å². The fraction of sp³-hybridized carbons (Fsp3) is 0.400. The number of halogens is 1. The van der Waals surface area contributed by atoms with Gasteiger partial charge in [0.15, 0.2) is 0 Å². The smallest absolute Gasteiger partial charge is 0.137 e. The molecule has 0 aliphatic rings. The van der Waals surface area contributed by atoms with Crippen molar-refractivity contribution >= 4 is 27.3 Å². The number of nitrogens with two attached hydrogens (primary N) is 1. The van der Waals surface area contributed by atoms with Crippen LogP contribution in [0.4, 0.5) is 0 Å². The minimum Gasteiger partial charge on any atom is -0.487 e. The van der Waals surface area contributed by atoms with Crippen molar-refractivity contribution in [2.75, 3.05) is 0 Å². The van der Waals surface area contributed by atoms with Crippen LogP contribution in [0.5, 0.6) is 5.75 Å². The molecule has 0 amide bonds. The first-order valence-electron chi connectivity index (χ1n) is 6.67. The van der Waals surface area contributed by atoms with Crippen molar-refractivity contribution in [3.63, 3.8) is 0 Å². The van der Waals surface area contributed by atoms with Gasteiger partial charge in [-0.3, -0.25) is 0 Å². The van der Waals surface area contributed by atoms with E-state index in [1.54, 1.807) is 11.3 Å². The van der Waals surface area contributed by atoms with Gasteiger partial charge < -0.3 is 10.5 Å². The molecule has 0 aliphatic heterocycles. The lowest BCUT2D eigenvalue weighted by Crippen LogP contribution is -2.21. The molecule has 0 radical (unpaired) electrons. The minimum absolute atomic E-state index is 0.164. The molecule has 1 aromatic heterocycles. The van der Waals surface area contributed by atoms with E-state index < -0.39 is 0 Å². The molecule has 108 valence electrons. The van der Waals surface area contributed by atoms with Crippen molar-refractivity contribution in [2.45, 2.75) is 39.3 Å². The average Bonchev–Trinajstić information content (AvgIpc) is 2.83. The lowest BCUT2D eigenvalue weighted by molar-refractivity contribution is 0.303. The summed E-state index contributed by atoms with van der Waals surface area (Å²) in [4.78, 5) is 5.37. The van der Waals surface area contributed by atoms with Gasteiger partial charge in [-0.2, -0.15) is 0 Å². The number of ether oxygens (including phenoxy) is 1.